The quantitative estimate of drug-likeness (QED) is 0.338. The van der Waals surface area contributed by atoms with Gasteiger partial charge in [-0.1, -0.05) is 17.7 Å². The standard InChI is InChI=1S/C17H15ClN4O6S/c18-11-4-6-13(7-5-11)27-9-15(23)19-17(29)21-20-16(24)10-28-14-3-1-2-12(8-14)22(25)26/h1-8H,9-10H2,(H,20,24)(H2,19,21,23,29). The number of hydrogen-bond acceptors (Lipinski definition) is 7. The van der Waals surface area contributed by atoms with Crippen molar-refractivity contribution >= 4 is 46.4 Å². The lowest BCUT2D eigenvalue weighted by Gasteiger charge is -2.12. The highest BCUT2D eigenvalue weighted by atomic mass is 35.5. The van der Waals surface area contributed by atoms with Gasteiger partial charge in [-0.25, -0.2) is 0 Å². The van der Waals surface area contributed by atoms with Crippen LogP contribution in [0.25, 0.3) is 0 Å². The summed E-state index contributed by atoms with van der Waals surface area (Å²) in [6, 6.07) is 11.8. The van der Waals surface area contributed by atoms with E-state index in [1.807, 2.05) is 0 Å². The predicted octanol–water partition coefficient (Wildman–Crippen LogP) is 1.73. The molecule has 0 spiro atoms. The Balaban J connectivity index is 1.66. The van der Waals surface area contributed by atoms with Crippen LogP contribution in [0.15, 0.2) is 48.5 Å². The number of nitro groups is 1. The second kappa shape index (κ2) is 10.8. The number of hydrazine groups is 1. The average molecular weight is 439 g/mol. The molecule has 0 saturated heterocycles. The van der Waals surface area contributed by atoms with Gasteiger partial charge in [-0.05, 0) is 42.5 Å². The number of hydrogen-bond donors (Lipinski definition) is 3. The first-order valence-corrected chi connectivity index (χ1v) is 8.76. The first-order valence-electron chi connectivity index (χ1n) is 7.98. The molecule has 0 heterocycles. The highest BCUT2D eigenvalue weighted by Gasteiger charge is 2.10. The van der Waals surface area contributed by atoms with Crippen LogP contribution in [0, 0.1) is 10.1 Å². The van der Waals surface area contributed by atoms with Gasteiger partial charge in [-0.3, -0.25) is 35.9 Å². The lowest BCUT2D eigenvalue weighted by Crippen LogP contribution is -2.50. The van der Waals surface area contributed by atoms with E-state index in [0.29, 0.717) is 10.8 Å². The van der Waals surface area contributed by atoms with E-state index in [2.05, 4.69) is 16.2 Å². The van der Waals surface area contributed by atoms with E-state index in [0.717, 1.165) is 0 Å². The van der Waals surface area contributed by atoms with Crippen LogP contribution in [-0.4, -0.2) is 35.1 Å². The molecule has 2 amide bonds. The van der Waals surface area contributed by atoms with Crippen molar-refractivity contribution in [3.05, 3.63) is 63.7 Å². The maximum atomic E-state index is 11.8. The monoisotopic (exact) mass is 438 g/mol. The van der Waals surface area contributed by atoms with Gasteiger partial charge in [0.15, 0.2) is 18.3 Å². The molecule has 2 aromatic carbocycles. The van der Waals surface area contributed by atoms with E-state index in [4.69, 9.17) is 33.3 Å². The molecule has 0 aliphatic rings. The number of nitro benzene ring substituents is 1. The smallest absolute Gasteiger partial charge is 0.276 e. The van der Waals surface area contributed by atoms with Gasteiger partial charge in [-0.2, -0.15) is 0 Å². The maximum Gasteiger partial charge on any atom is 0.276 e. The third-order valence-electron chi connectivity index (χ3n) is 3.15. The second-order valence-corrected chi connectivity index (χ2v) is 6.18. The Morgan fingerprint density at radius 2 is 1.66 bits per heavy atom. The summed E-state index contributed by atoms with van der Waals surface area (Å²) < 4.78 is 10.4. The van der Waals surface area contributed by atoms with Crippen molar-refractivity contribution in [2.24, 2.45) is 0 Å². The number of carbonyl (C=O) groups excluding carboxylic acids is 2. The summed E-state index contributed by atoms with van der Waals surface area (Å²) >= 11 is 10.6. The zero-order valence-corrected chi connectivity index (χ0v) is 16.3. The fourth-order valence-electron chi connectivity index (χ4n) is 1.87. The second-order valence-electron chi connectivity index (χ2n) is 5.34. The van der Waals surface area contributed by atoms with E-state index >= 15 is 0 Å². The zero-order valence-electron chi connectivity index (χ0n) is 14.7. The van der Waals surface area contributed by atoms with Gasteiger partial charge < -0.3 is 9.47 Å². The van der Waals surface area contributed by atoms with E-state index in [1.54, 1.807) is 24.3 Å². The summed E-state index contributed by atoms with van der Waals surface area (Å²) in [5.74, 6) is -0.551. The number of thiocarbonyl (C=S) groups is 1. The predicted molar refractivity (Wildman–Crippen MR) is 108 cm³/mol. The van der Waals surface area contributed by atoms with E-state index in [9.17, 15) is 19.7 Å². The van der Waals surface area contributed by atoms with Gasteiger partial charge in [0.1, 0.15) is 11.5 Å². The summed E-state index contributed by atoms with van der Waals surface area (Å²) in [7, 11) is 0. The molecule has 12 heteroatoms. The lowest BCUT2D eigenvalue weighted by atomic mass is 10.3. The van der Waals surface area contributed by atoms with Gasteiger partial charge in [0.2, 0.25) is 0 Å². The molecule has 0 aromatic heterocycles. The molecule has 0 radical (unpaired) electrons. The molecular weight excluding hydrogens is 424 g/mol. The number of amides is 2. The zero-order chi connectivity index (χ0) is 21.2. The topological polar surface area (TPSA) is 132 Å². The molecule has 0 aliphatic carbocycles. The minimum Gasteiger partial charge on any atom is -0.484 e. The van der Waals surface area contributed by atoms with Crippen molar-refractivity contribution in [3.8, 4) is 11.5 Å². The van der Waals surface area contributed by atoms with Crippen LogP contribution in [0.2, 0.25) is 5.02 Å². The summed E-state index contributed by atoms with van der Waals surface area (Å²) in [5, 5.41) is 13.4. The molecule has 0 atom stereocenters. The van der Waals surface area contributed by atoms with E-state index < -0.39 is 23.3 Å². The average Bonchev–Trinajstić information content (AvgIpc) is 2.70. The van der Waals surface area contributed by atoms with Gasteiger partial charge in [0.05, 0.1) is 11.0 Å². The maximum absolute atomic E-state index is 11.8. The molecule has 0 aliphatic heterocycles. The van der Waals surface area contributed by atoms with Crippen LogP contribution >= 0.6 is 23.8 Å². The summed E-state index contributed by atoms with van der Waals surface area (Å²) in [4.78, 5) is 33.6. The molecule has 0 bridgehead atoms. The van der Waals surface area contributed by atoms with Crippen molar-refractivity contribution < 1.29 is 24.0 Å². The highest BCUT2D eigenvalue weighted by Crippen LogP contribution is 2.18. The Hall–Kier alpha value is -3.44. The van der Waals surface area contributed by atoms with Gasteiger partial charge >= 0.3 is 0 Å². The Morgan fingerprint density at radius 1 is 1.00 bits per heavy atom. The molecule has 10 nitrogen and oxygen atoms in total. The minimum absolute atomic E-state index is 0.154. The van der Waals surface area contributed by atoms with Crippen LogP contribution in [-0.2, 0) is 9.59 Å². The van der Waals surface area contributed by atoms with Crippen molar-refractivity contribution in [1.29, 1.82) is 0 Å². The molecule has 2 rings (SSSR count). The van der Waals surface area contributed by atoms with Gasteiger partial charge in [0.25, 0.3) is 17.5 Å². The number of nitrogens with one attached hydrogen (secondary N) is 3. The molecule has 3 N–H and O–H groups in total. The number of nitrogens with zero attached hydrogens (tertiary/aromatic N) is 1. The SMILES string of the molecule is O=C(COc1cccc([N+](=O)[O-])c1)NNC(=S)NC(=O)COc1ccc(Cl)cc1. The normalized spacial score (nSPS) is 9.83. The Bertz CT molecular complexity index is 909. The van der Waals surface area contributed by atoms with Crippen LogP contribution < -0.4 is 25.6 Å². The summed E-state index contributed by atoms with van der Waals surface area (Å²) in [6.45, 7) is -0.725. The molecule has 0 unspecified atom stereocenters. The first-order chi connectivity index (χ1) is 13.8. The van der Waals surface area contributed by atoms with Crippen LogP contribution in [0.4, 0.5) is 5.69 Å². The molecular formula is C17H15ClN4O6S. The molecule has 0 saturated carbocycles. The Morgan fingerprint density at radius 3 is 2.34 bits per heavy atom. The third-order valence-corrected chi connectivity index (χ3v) is 3.61. The number of ether oxygens (including phenoxy) is 2. The fraction of sp³-hybridized carbons (Fsp3) is 0.118. The molecule has 29 heavy (non-hydrogen) atoms. The molecule has 2 aromatic rings. The van der Waals surface area contributed by atoms with E-state index in [-0.39, 0.29) is 23.2 Å². The minimum atomic E-state index is -0.620. The van der Waals surface area contributed by atoms with Crippen molar-refractivity contribution in [1.82, 2.24) is 16.2 Å². The van der Waals surface area contributed by atoms with Crippen molar-refractivity contribution in [2.75, 3.05) is 13.2 Å². The van der Waals surface area contributed by atoms with Gasteiger partial charge in [-0.15, -0.1) is 0 Å². The molecule has 0 fully saturated rings. The van der Waals surface area contributed by atoms with Crippen LogP contribution in [0.3, 0.4) is 0 Å². The largest absolute Gasteiger partial charge is 0.484 e. The van der Waals surface area contributed by atoms with Crippen molar-refractivity contribution in [3.63, 3.8) is 0 Å². The van der Waals surface area contributed by atoms with E-state index in [1.165, 1.54) is 24.3 Å². The number of benzene rings is 2. The molecule has 152 valence electrons. The number of halogens is 1. The third kappa shape index (κ3) is 7.99. The summed E-state index contributed by atoms with van der Waals surface area (Å²) in [5.41, 5.74) is 4.38. The van der Waals surface area contributed by atoms with Gasteiger partial charge in [0, 0.05) is 11.1 Å². The fourth-order valence-corrected chi connectivity index (χ4v) is 2.16. The summed E-state index contributed by atoms with van der Waals surface area (Å²) in [6.07, 6.45) is 0. The highest BCUT2D eigenvalue weighted by molar-refractivity contribution is 7.80. The number of rotatable bonds is 7. The van der Waals surface area contributed by atoms with Crippen molar-refractivity contribution in [2.45, 2.75) is 0 Å². The lowest BCUT2D eigenvalue weighted by molar-refractivity contribution is -0.384. The first kappa shape index (κ1) is 21.9. The van der Waals surface area contributed by atoms with Crippen LogP contribution in [0.1, 0.15) is 0 Å². The Kier molecular flexibility index (Phi) is 8.12. The number of carbonyl (C=O) groups is 2. The Labute approximate surface area is 175 Å². The number of non-ortho nitro benzene ring substituents is 1. The van der Waals surface area contributed by atoms with Crippen LogP contribution in [0.5, 0.6) is 11.5 Å².